The Labute approximate surface area is 111 Å². The normalized spacial score (nSPS) is 14.9. The number of rotatable bonds is 6. The quantitative estimate of drug-likeness (QED) is 0.876. The lowest BCUT2D eigenvalue weighted by Gasteiger charge is -2.21. The zero-order valence-electron chi connectivity index (χ0n) is 10.9. The molecule has 0 aromatic carbocycles. The number of aliphatic hydroxyl groups is 1. The SMILES string of the molecule is CCOC(CC)C(O)Cc1c(Br)c(C)nn1C. The van der Waals surface area contributed by atoms with Crippen LogP contribution in [0.25, 0.3) is 0 Å². The molecule has 98 valence electrons. The summed E-state index contributed by atoms with van der Waals surface area (Å²) in [6.45, 7) is 6.54. The highest BCUT2D eigenvalue weighted by Gasteiger charge is 2.21. The Morgan fingerprint density at radius 2 is 2.12 bits per heavy atom. The van der Waals surface area contributed by atoms with Crippen LogP contribution in [0.4, 0.5) is 0 Å². The Hall–Kier alpha value is -0.390. The predicted octanol–water partition coefficient (Wildman–Crippen LogP) is 2.21. The smallest absolute Gasteiger partial charge is 0.0857 e. The molecule has 1 N–H and O–H groups in total. The summed E-state index contributed by atoms with van der Waals surface area (Å²) in [6, 6.07) is 0. The van der Waals surface area contributed by atoms with Crippen molar-refractivity contribution in [3.63, 3.8) is 0 Å². The molecule has 0 radical (unpaired) electrons. The molecule has 0 bridgehead atoms. The van der Waals surface area contributed by atoms with Crippen LogP contribution < -0.4 is 0 Å². The van der Waals surface area contributed by atoms with E-state index in [0.717, 1.165) is 22.3 Å². The Balaban J connectivity index is 2.76. The lowest BCUT2D eigenvalue weighted by Crippen LogP contribution is -2.31. The molecule has 0 saturated heterocycles. The first-order valence-corrected chi connectivity index (χ1v) is 6.78. The van der Waals surface area contributed by atoms with Gasteiger partial charge in [-0.3, -0.25) is 4.68 Å². The van der Waals surface area contributed by atoms with Gasteiger partial charge in [-0.05, 0) is 36.2 Å². The topological polar surface area (TPSA) is 47.3 Å². The molecule has 0 aliphatic carbocycles. The molecule has 4 nitrogen and oxygen atoms in total. The molecular formula is C12H21BrN2O2. The van der Waals surface area contributed by atoms with E-state index in [4.69, 9.17) is 4.74 Å². The highest BCUT2D eigenvalue weighted by molar-refractivity contribution is 9.10. The third-order valence-corrected chi connectivity index (χ3v) is 3.91. The van der Waals surface area contributed by atoms with Gasteiger partial charge in [-0.2, -0.15) is 5.10 Å². The number of hydrogen-bond acceptors (Lipinski definition) is 3. The highest BCUT2D eigenvalue weighted by atomic mass is 79.9. The van der Waals surface area contributed by atoms with Crippen LogP contribution >= 0.6 is 15.9 Å². The summed E-state index contributed by atoms with van der Waals surface area (Å²) < 4.78 is 8.30. The van der Waals surface area contributed by atoms with E-state index in [0.29, 0.717) is 13.0 Å². The second-order valence-electron chi connectivity index (χ2n) is 4.14. The van der Waals surface area contributed by atoms with Gasteiger partial charge in [-0.15, -0.1) is 0 Å². The fraction of sp³-hybridized carbons (Fsp3) is 0.750. The average molecular weight is 305 g/mol. The van der Waals surface area contributed by atoms with Crippen LogP contribution in [0.5, 0.6) is 0 Å². The fourth-order valence-corrected chi connectivity index (χ4v) is 2.44. The second-order valence-corrected chi connectivity index (χ2v) is 4.94. The van der Waals surface area contributed by atoms with Crippen LogP contribution in [0.1, 0.15) is 31.7 Å². The van der Waals surface area contributed by atoms with Crippen molar-refractivity contribution < 1.29 is 9.84 Å². The summed E-state index contributed by atoms with van der Waals surface area (Å²) in [7, 11) is 1.89. The van der Waals surface area contributed by atoms with Gasteiger partial charge in [-0.25, -0.2) is 0 Å². The molecule has 0 spiro atoms. The fourth-order valence-electron chi connectivity index (χ4n) is 1.95. The lowest BCUT2D eigenvalue weighted by atomic mass is 10.1. The van der Waals surface area contributed by atoms with Gasteiger partial charge in [0.25, 0.3) is 0 Å². The van der Waals surface area contributed by atoms with Gasteiger partial charge in [0.1, 0.15) is 0 Å². The molecule has 2 atom stereocenters. The van der Waals surface area contributed by atoms with Crippen LogP contribution in [0.3, 0.4) is 0 Å². The first-order valence-electron chi connectivity index (χ1n) is 5.98. The Morgan fingerprint density at radius 1 is 1.47 bits per heavy atom. The summed E-state index contributed by atoms with van der Waals surface area (Å²) in [5.74, 6) is 0. The van der Waals surface area contributed by atoms with Gasteiger partial charge >= 0.3 is 0 Å². The van der Waals surface area contributed by atoms with Gasteiger partial charge in [-0.1, -0.05) is 6.92 Å². The van der Waals surface area contributed by atoms with Crippen molar-refractivity contribution in [2.75, 3.05) is 6.61 Å². The largest absolute Gasteiger partial charge is 0.390 e. The van der Waals surface area contributed by atoms with E-state index in [1.807, 2.05) is 27.8 Å². The van der Waals surface area contributed by atoms with Gasteiger partial charge in [0, 0.05) is 20.1 Å². The van der Waals surface area contributed by atoms with E-state index >= 15 is 0 Å². The molecule has 1 rings (SSSR count). The van der Waals surface area contributed by atoms with Crippen LogP contribution in [0.15, 0.2) is 4.47 Å². The van der Waals surface area contributed by atoms with Crippen molar-refractivity contribution in [3.05, 3.63) is 15.9 Å². The number of aliphatic hydroxyl groups excluding tert-OH is 1. The zero-order chi connectivity index (χ0) is 13.0. The van der Waals surface area contributed by atoms with Crippen molar-refractivity contribution in [1.29, 1.82) is 0 Å². The van der Waals surface area contributed by atoms with Crippen molar-refractivity contribution >= 4 is 15.9 Å². The molecule has 1 aromatic rings. The van der Waals surface area contributed by atoms with E-state index < -0.39 is 6.10 Å². The van der Waals surface area contributed by atoms with Crippen molar-refractivity contribution in [2.45, 2.75) is 45.8 Å². The predicted molar refractivity (Wildman–Crippen MR) is 71.1 cm³/mol. The molecule has 2 unspecified atom stereocenters. The van der Waals surface area contributed by atoms with Gasteiger partial charge in [0.2, 0.25) is 0 Å². The first kappa shape index (κ1) is 14.7. The van der Waals surface area contributed by atoms with Crippen molar-refractivity contribution in [1.82, 2.24) is 9.78 Å². The number of halogens is 1. The van der Waals surface area contributed by atoms with Crippen molar-refractivity contribution in [2.24, 2.45) is 7.05 Å². The molecule has 0 aliphatic heterocycles. The molecule has 0 saturated carbocycles. The zero-order valence-corrected chi connectivity index (χ0v) is 12.5. The van der Waals surface area contributed by atoms with E-state index in [1.165, 1.54) is 0 Å². The van der Waals surface area contributed by atoms with Crippen molar-refractivity contribution in [3.8, 4) is 0 Å². The maximum Gasteiger partial charge on any atom is 0.0857 e. The standard InChI is InChI=1S/C12H21BrN2O2/c1-5-11(17-6-2)10(16)7-9-12(13)8(3)14-15(9)4/h10-11,16H,5-7H2,1-4H3. The van der Waals surface area contributed by atoms with Gasteiger partial charge in [0.05, 0.1) is 28.1 Å². The third-order valence-electron chi connectivity index (χ3n) is 2.88. The molecular weight excluding hydrogens is 284 g/mol. The maximum absolute atomic E-state index is 10.2. The summed E-state index contributed by atoms with van der Waals surface area (Å²) >= 11 is 3.50. The van der Waals surface area contributed by atoms with Gasteiger partial charge in [0.15, 0.2) is 0 Å². The minimum Gasteiger partial charge on any atom is -0.390 e. The summed E-state index contributed by atoms with van der Waals surface area (Å²) in [5, 5.41) is 14.5. The maximum atomic E-state index is 10.2. The monoisotopic (exact) mass is 304 g/mol. The lowest BCUT2D eigenvalue weighted by molar-refractivity contribution is -0.0341. The minimum absolute atomic E-state index is 0.109. The number of hydrogen-bond donors (Lipinski definition) is 1. The molecule has 0 amide bonds. The summed E-state index contributed by atoms with van der Waals surface area (Å²) in [4.78, 5) is 0. The molecule has 5 heteroatoms. The van der Waals surface area contributed by atoms with Crippen LogP contribution in [-0.2, 0) is 18.2 Å². The summed E-state index contributed by atoms with van der Waals surface area (Å²) in [6.07, 6.45) is 0.757. The highest BCUT2D eigenvalue weighted by Crippen LogP contribution is 2.22. The summed E-state index contributed by atoms with van der Waals surface area (Å²) in [5.41, 5.74) is 1.95. The number of ether oxygens (including phenoxy) is 1. The van der Waals surface area contributed by atoms with Crippen LogP contribution in [0.2, 0.25) is 0 Å². The van der Waals surface area contributed by atoms with E-state index in [-0.39, 0.29) is 6.10 Å². The Kier molecular flexibility index (Phi) is 5.62. The molecule has 1 heterocycles. The number of aryl methyl sites for hydroxylation is 2. The number of aromatic nitrogens is 2. The molecule has 0 aliphatic rings. The second kappa shape index (κ2) is 6.52. The van der Waals surface area contributed by atoms with E-state index in [2.05, 4.69) is 21.0 Å². The van der Waals surface area contributed by atoms with E-state index in [9.17, 15) is 5.11 Å². The first-order chi connectivity index (χ1) is 8.01. The third kappa shape index (κ3) is 3.53. The van der Waals surface area contributed by atoms with Crippen LogP contribution in [0, 0.1) is 6.92 Å². The van der Waals surface area contributed by atoms with E-state index in [1.54, 1.807) is 4.68 Å². The Morgan fingerprint density at radius 3 is 2.53 bits per heavy atom. The minimum atomic E-state index is -0.494. The average Bonchev–Trinajstić information content (AvgIpc) is 2.52. The Bertz CT molecular complexity index is 366. The van der Waals surface area contributed by atoms with Gasteiger partial charge < -0.3 is 9.84 Å². The van der Waals surface area contributed by atoms with Crippen LogP contribution in [-0.4, -0.2) is 33.7 Å². The number of nitrogens with zero attached hydrogens (tertiary/aromatic N) is 2. The molecule has 17 heavy (non-hydrogen) atoms. The molecule has 0 fully saturated rings. The molecule has 1 aromatic heterocycles.